The van der Waals surface area contributed by atoms with Crippen LogP contribution in [0.15, 0.2) is 40.8 Å². The lowest BCUT2D eigenvalue weighted by atomic mass is 10.0. The molecule has 25 heavy (non-hydrogen) atoms. The van der Waals surface area contributed by atoms with E-state index in [0.29, 0.717) is 5.92 Å². The van der Waals surface area contributed by atoms with Crippen LogP contribution < -0.4 is 0 Å². The minimum atomic E-state index is -0.669. The van der Waals surface area contributed by atoms with Gasteiger partial charge in [0.05, 0.1) is 0 Å². The molecule has 2 spiro atoms. The summed E-state index contributed by atoms with van der Waals surface area (Å²) < 4.78 is 8.83. The molecule has 0 aromatic heterocycles. The van der Waals surface area contributed by atoms with Crippen LogP contribution >= 0.6 is 11.9 Å². The highest BCUT2D eigenvalue weighted by atomic mass is 32.2. The number of aryl methyl sites for hydroxylation is 1. The van der Waals surface area contributed by atoms with Crippen molar-refractivity contribution in [3.8, 4) is 0 Å². The van der Waals surface area contributed by atoms with Crippen molar-refractivity contribution in [2.75, 3.05) is 13.1 Å². The second-order valence-corrected chi connectivity index (χ2v) is 8.67. The van der Waals surface area contributed by atoms with E-state index in [4.69, 9.17) is 14.5 Å². The summed E-state index contributed by atoms with van der Waals surface area (Å²) in [6.45, 7) is 8.34. The molecule has 2 aliphatic heterocycles. The zero-order valence-corrected chi connectivity index (χ0v) is 16.1. The number of allylic oxidation sites excluding steroid dienone is 1. The summed E-state index contributed by atoms with van der Waals surface area (Å²) in [7, 11) is 0. The van der Waals surface area contributed by atoms with E-state index in [0.717, 1.165) is 38.8 Å². The Morgan fingerprint density at radius 1 is 1.16 bits per heavy atom. The Balaban J connectivity index is 1.37. The Hall–Kier alpha value is -0.850. The third-order valence-electron chi connectivity index (χ3n) is 5.52. The van der Waals surface area contributed by atoms with Gasteiger partial charge in [0.25, 0.3) is 0 Å². The third kappa shape index (κ3) is 3.40. The lowest BCUT2D eigenvalue weighted by Crippen LogP contribution is -2.45. The van der Waals surface area contributed by atoms with Crippen molar-refractivity contribution in [1.82, 2.24) is 4.31 Å². The van der Waals surface area contributed by atoms with Crippen LogP contribution in [0.3, 0.4) is 0 Å². The second-order valence-electron chi connectivity index (χ2n) is 7.50. The molecule has 0 N–H and O–H groups in total. The van der Waals surface area contributed by atoms with Crippen molar-refractivity contribution in [1.29, 1.82) is 0 Å². The van der Waals surface area contributed by atoms with Crippen LogP contribution in [0.1, 0.15) is 45.1 Å². The summed E-state index contributed by atoms with van der Waals surface area (Å²) in [5.41, 5.74) is 2.70. The second kappa shape index (κ2) is 6.71. The molecule has 0 radical (unpaired) electrons. The quantitative estimate of drug-likeness (QED) is 0.436. The first-order chi connectivity index (χ1) is 12.0. The number of benzene rings is 1. The molecule has 2 atom stereocenters. The van der Waals surface area contributed by atoms with Crippen molar-refractivity contribution in [2.24, 2.45) is 5.92 Å². The molecule has 0 amide bonds. The maximum Gasteiger partial charge on any atom is 0.226 e. The van der Waals surface area contributed by atoms with Gasteiger partial charge in [-0.15, -0.1) is 0 Å². The SMILES string of the molecule is CCC1=CC2(OOC3(CCN(Sc4ccc(C)cc4)CC3)O2)C(C)C1. The Labute approximate surface area is 154 Å². The van der Waals surface area contributed by atoms with Crippen molar-refractivity contribution in [3.63, 3.8) is 0 Å². The van der Waals surface area contributed by atoms with Gasteiger partial charge in [-0.3, -0.25) is 0 Å². The number of nitrogens with zero attached hydrogens (tertiary/aromatic N) is 1. The summed E-state index contributed by atoms with van der Waals surface area (Å²) in [6, 6.07) is 8.69. The minimum absolute atomic E-state index is 0.307. The summed E-state index contributed by atoms with van der Waals surface area (Å²) >= 11 is 1.81. The first kappa shape index (κ1) is 17.6. The normalized spacial score (nSPS) is 31.8. The molecular weight excluding hydrogens is 334 g/mol. The molecule has 1 aliphatic carbocycles. The molecule has 1 aromatic carbocycles. The molecule has 2 heterocycles. The van der Waals surface area contributed by atoms with Gasteiger partial charge in [-0.1, -0.05) is 37.1 Å². The molecule has 4 nitrogen and oxygen atoms in total. The van der Waals surface area contributed by atoms with Gasteiger partial charge in [0.2, 0.25) is 11.6 Å². The molecule has 5 heteroatoms. The van der Waals surface area contributed by atoms with Crippen molar-refractivity contribution < 1.29 is 14.5 Å². The fourth-order valence-electron chi connectivity index (χ4n) is 3.82. The molecule has 136 valence electrons. The Kier molecular flexibility index (Phi) is 4.71. The monoisotopic (exact) mass is 361 g/mol. The van der Waals surface area contributed by atoms with Crippen molar-refractivity contribution in [2.45, 2.75) is 62.9 Å². The van der Waals surface area contributed by atoms with Gasteiger partial charge in [-0.05, 0) is 49.9 Å². The highest BCUT2D eigenvalue weighted by Crippen LogP contribution is 2.50. The van der Waals surface area contributed by atoms with Crippen LogP contribution in [0.4, 0.5) is 0 Å². The smallest absolute Gasteiger partial charge is 0.226 e. The van der Waals surface area contributed by atoms with Crippen molar-refractivity contribution in [3.05, 3.63) is 41.5 Å². The van der Waals surface area contributed by atoms with Crippen LogP contribution in [0, 0.1) is 12.8 Å². The standard InChI is InChI=1S/C20H27NO3S/c1-4-17-13-16(3)20(14-17)22-19(23-24-20)9-11-21(12-10-19)25-18-7-5-15(2)6-8-18/h5-8,14,16H,4,9-13H2,1-3H3. The van der Waals surface area contributed by atoms with Crippen molar-refractivity contribution >= 4 is 11.9 Å². The maximum absolute atomic E-state index is 6.44. The predicted octanol–water partition coefficient (Wildman–Crippen LogP) is 4.85. The average molecular weight is 362 g/mol. The fourth-order valence-corrected chi connectivity index (χ4v) is 4.74. The van der Waals surface area contributed by atoms with Crippen LogP contribution in [-0.4, -0.2) is 29.0 Å². The molecule has 2 saturated heterocycles. The summed E-state index contributed by atoms with van der Waals surface area (Å²) in [5.74, 6) is -0.947. The molecule has 1 aromatic rings. The first-order valence-electron chi connectivity index (χ1n) is 9.30. The van der Waals surface area contributed by atoms with E-state index in [1.54, 1.807) is 0 Å². The zero-order valence-electron chi connectivity index (χ0n) is 15.3. The van der Waals surface area contributed by atoms with Gasteiger partial charge in [0.1, 0.15) is 0 Å². The van der Waals surface area contributed by atoms with Crippen LogP contribution in [-0.2, 0) is 14.5 Å². The van der Waals surface area contributed by atoms with E-state index in [-0.39, 0.29) is 0 Å². The van der Waals surface area contributed by atoms with Gasteiger partial charge >= 0.3 is 0 Å². The molecule has 3 aliphatic rings. The molecule has 2 fully saturated rings. The van der Waals surface area contributed by atoms with E-state index < -0.39 is 11.6 Å². The Bertz CT molecular complexity index is 651. The molecule has 2 unspecified atom stereocenters. The van der Waals surface area contributed by atoms with E-state index in [1.165, 1.54) is 16.0 Å². The van der Waals surface area contributed by atoms with Crippen LogP contribution in [0.25, 0.3) is 0 Å². The Morgan fingerprint density at radius 2 is 1.88 bits per heavy atom. The third-order valence-corrected chi connectivity index (χ3v) is 6.63. The van der Waals surface area contributed by atoms with Gasteiger partial charge in [0, 0.05) is 36.7 Å². The van der Waals surface area contributed by atoms with Gasteiger partial charge < -0.3 is 4.74 Å². The number of rotatable bonds is 3. The fraction of sp³-hybridized carbons (Fsp3) is 0.600. The highest BCUT2D eigenvalue weighted by molar-refractivity contribution is 7.97. The summed E-state index contributed by atoms with van der Waals surface area (Å²) in [5, 5.41) is 0. The highest BCUT2D eigenvalue weighted by Gasteiger charge is 2.57. The molecule has 0 saturated carbocycles. The topological polar surface area (TPSA) is 30.9 Å². The number of hydrogen-bond donors (Lipinski definition) is 0. The lowest BCUT2D eigenvalue weighted by Gasteiger charge is -2.36. The van der Waals surface area contributed by atoms with Crippen LogP contribution in [0.2, 0.25) is 0 Å². The van der Waals surface area contributed by atoms with E-state index in [2.05, 4.69) is 55.4 Å². The molecule has 4 rings (SSSR count). The Morgan fingerprint density at radius 3 is 2.52 bits per heavy atom. The van der Waals surface area contributed by atoms with Gasteiger partial charge in [-0.25, -0.2) is 4.31 Å². The zero-order chi connectivity index (χ0) is 17.5. The van der Waals surface area contributed by atoms with E-state index >= 15 is 0 Å². The first-order valence-corrected chi connectivity index (χ1v) is 10.1. The molecule has 0 bridgehead atoms. The van der Waals surface area contributed by atoms with Gasteiger partial charge in [-0.2, -0.15) is 9.78 Å². The van der Waals surface area contributed by atoms with E-state index in [1.807, 2.05) is 11.9 Å². The predicted molar refractivity (Wildman–Crippen MR) is 98.7 cm³/mol. The minimum Gasteiger partial charge on any atom is -0.308 e. The summed E-state index contributed by atoms with van der Waals surface area (Å²) in [4.78, 5) is 12.9. The number of piperidine rings is 1. The average Bonchev–Trinajstić information content (AvgIpc) is 3.13. The van der Waals surface area contributed by atoms with E-state index in [9.17, 15) is 0 Å². The largest absolute Gasteiger partial charge is 0.308 e. The lowest BCUT2D eigenvalue weighted by molar-refractivity contribution is -0.351. The number of hydrogen-bond acceptors (Lipinski definition) is 5. The number of ether oxygens (including phenoxy) is 1. The summed E-state index contributed by atoms with van der Waals surface area (Å²) in [6.07, 6.45) is 5.89. The maximum atomic E-state index is 6.44. The van der Waals surface area contributed by atoms with Gasteiger partial charge in [0.15, 0.2) is 0 Å². The molecular formula is C20H27NO3S. The van der Waals surface area contributed by atoms with Crippen LogP contribution in [0.5, 0.6) is 0 Å².